The van der Waals surface area contributed by atoms with Crippen LogP contribution < -0.4 is 10.2 Å². The first-order valence-electron chi connectivity index (χ1n) is 7.20. The van der Waals surface area contributed by atoms with Crippen molar-refractivity contribution in [3.8, 4) is 0 Å². The van der Waals surface area contributed by atoms with Crippen molar-refractivity contribution < 1.29 is 5.11 Å². The Labute approximate surface area is 117 Å². The van der Waals surface area contributed by atoms with Crippen LogP contribution in [0.3, 0.4) is 0 Å². The van der Waals surface area contributed by atoms with Gasteiger partial charge in [-0.25, -0.2) is 0 Å². The minimum absolute atomic E-state index is 0.284. The number of hydrogen-bond donors (Lipinski definition) is 2. The van der Waals surface area contributed by atoms with Gasteiger partial charge in [0, 0.05) is 32.4 Å². The van der Waals surface area contributed by atoms with Gasteiger partial charge in [0.2, 0.25) is 0 Å². The predicted octanol–water partition coefficient (Wildman–Crippen LogP) is 2.81. The first-order chi connectivity index (χ1) is 9.08. The monoisotopic (exact) mass is 264 g/mol. The molecule has 108 valence electrons. The van der Waals surface area contributed by atoms with Crippen molar-refractivity contribution >= 4 is 5.69 Å². The smallest absolute Gasteiger partial charge is 0.0434 e. The maximum absolute atomic E-state index is 9.00. The summed E-state index contributed by atoms with van der Waals surface area (Å²) in [6, 6.07) is 9.01. The Balaban J connectivity index is 2.50. The molecule has 0 saturated carbocycles. The lowest BCUT2D eigenvalue weighted by Crippen LogP contribution is -2.26. The molecule has 1 aromatic rings. The molecule has 19 heavy (non-hydrogen) atoms. The third-order valence-electron chi connectivity index (χ3n) is 3.74. The molecule has 0 fully saturated rings. The minimum Gasteiger partial charge on any atom is -0.396 e. The molecule has 0 bridgehead atoms. The van der Waals surface area contributed by atoms with E-state index in [9.17, 15) is 0 Å². The van der Waals surface area contributed by atoms with Crippen molar-refractivity contribution in [1.82, 2.24) is 5.32 Å². The van der Waals surface area contributed by atoms with Crippen molar-refractivity contribution in [3.05, 3.63) is 29.8 Å². The number of nitrogens with one attached hydrogen (secondary N) is 1. The molecule has 0 radical (unpaired) electrons. The third kappa shape index (κ3) is 5.21. The van der Waals surface area contributed by atoms with Crippen LogP contribution >= 0.6 is 0 Å². The molecule has 3 nitrogen and oxygen atoms in total. The average molecular weight is 264 g/mol. The number of nitrogens with zero attached hydrogens (tertiary/aromatic N) is 1. The highest BCUT2D eigenvalue weighted by atomic mass is 16.3. The van der Waals surface area contributed by atoms with Crippen LogP contribution in [-0.4, -0.2) is 32.4 Å². The molecule has 2 N–H and O–H groups in total. The molecule has 2 unspecified atom stereocenters. The summed E-state index contributed by atoms with van der Waals surface area (Å²) >= 11 is 0. The van der Waals surface area contributed by atoms with E-state index in [1.165, 1.54) is 11.3 Å². The number of aliphatic hydroxyl groups is 1. The van der Waals surface area contributed by atoms with Crippen LogP contribution in [0, 0.1) is 5.92 Å². The Hall–Kier alpha value is -1.06. The summed E-state index contributed by atoms with van der Waals surface area (Å²) in [4.78, 5) is 2.11. The summed E-state index contributed by atoms with van der Waals surface area (Å²) in [5, 5.41) is 12.6. The van der Waals surface area contributed by atoms with Gasteiger partial charge in [-0.3, -0.25) is 0 Å². The van der Waals surface area contributed by atoms with Crippen molar-refractivity contribution in [2.75, 3.05) is 32.1 Å². The minimum atomic E-state index is 0.284. The molecular weight excluding hydrogens is 236 g/mol. The molecule has 0 aliphatic heterocycles. The van der Waals surface area contributed by atoms with Crippen LogP contribution in [-0.2, 0) is 0 Å². The van der Waals surface area contributed by atoms with Gasteiger partial charge in [-0.1, -0.05) is 25.5 Å². The maximum Gasteiger partial charge on any atom is 0.0434 e. The fraction of sp³-hybridized carbons (Fsp3) is 0.625. The zero-order chi connectivity index (χ0) is 14.3. The van der Waals surface area contributed by atoms with Crippen molar-refractivity contribution in [1.29, 1.82) is 0 Å². The number of anilines is 1. The van der Waals surface area contributed by atoms with Crippen LogP contribution in [0.1, 0.15) is 38.3 Å². The van der Waals surface area contributed by atoms with Gasteiger partial charge < -0.3 is 15.3 Å². The SMILES string of the molecule is CCC(CCO)CNC(C)c1ccc(N(C)C)cc1. The van der Waals surface area contributed by atoms with Gasteiger partial charge in [-0.2, -0.15) is 0 Å². The zero-order valence-corrected chi connectivity index (χ0v) is 12.7. The van der Waals surface area contributed by atoms with Crippen LogP contribution in [0.15, 0.2) is 24.3 Å². The summed E-state index contributed by atoms with van der Waals surface area (Å²) in [5.41, 5.74) is 2.53. The number of benzene rings is 1. The second-order valence-corrected chi connectivity index (χ2v) is 5.40. The van der Waals surface area contributed by atoms with E-state index >= 15 is 0 Å². The summed E-state index contributed by atoms with van der Waals surface area (Å²) < 4.78 is 0. The lowest BCUT2D eigenvalue weighted by molar-refractivity contribution is 0.249. The molecule has 0 aliphatic carbocycles. The van der Waals surface area contributed by atoms with Gasteiger partial charge in [0.15, 0.2) is 0 Å². The number of hydrogen-bond acceptors (Lipinski definition) is 3. The van der Waals surface area contributed by atoms with Crippen LogP contribution in [0.4, 0.5) is 5.69 Å². The standard InChI is InChI=1S/C16H28N2O/c1-5-14(10-11-19)12-17-13(2)15-6-8-16(9-7-15)18(3)4/h6-9,13-14,17,19H,5,10-12H2,1-4H3. The summed E-state index contributed by atoms with van der Waals surface area (Å²) in [5.74, 6) is 0.563. The van der Waals surface area contributed by atoms with E-state index in [2.05, 4.69) is 62.4 Å². The second kappa shape index (κ2) is 8.18. The molecule has 0 saturated heterocycles. The zero-order valence-electron chi connectivity index (χ0n) is 12.7. The van der Waals surface area contributed by atoms with E-state index in [4.69, 9.17) is 5.11 Å². The van der Waals surface area contributed by atoms with Gasteiger partial charge in [0.1, 0.15) is 0 Å². The Bertz CT molecular complexity index is 348. The van der Waals surface area contributed by atoms with E-state index < -0.39 is 0 Å². The Kier molecular flexibility index (Phi) is 6.89. The molecule has 0 heterocycles. The Morgan fingerprint density at radius 3 is 2.32 bits per heavy atom. The molecule has 0 aromatic heterocycles. The molecule has 3 heteroatoms. The Morgan fingerprint density at radius 2 is 1.84 bits per heavy atom. The average Bonchev–Trinajstić information content (AvgIpc) is 2.43. The molecule has 0 amide bonds. The van der Waals surface area contributed by atoms with Gasteiger partial charge >= 0.3 is 0 Å². The van der Waals surface area contributed by atoms with Crippen LogP contribution in [0.25, 0.3) is 0 Å². The van der Waals surface area contributed by atoms with Crippen molar-refractivity contribution in [2.24, 2.45) is 5.92 Å². The molecule has 1 aromatic carbocycles. The summed E-state index contributed by atoms with van der Waals surface area (Å²) in [6.07, 6.45) is 2.00. The van der Waals surface area contributed by atoms with Gasteiger partial charge in [-0.15, -0.1) is 0 Å². The first-order valence-corrected chi connectivity index (χ1v) is 7.20. The van der Waals surface area contributed by atoms with E-state index in [1.807, 2.05) is 0 Å². The van der Waals surface area contributed by atoms with E-state index in [1.54, 1.807) is 0 Å². The molecule has 2 atom stereocenters. The lowest BCUT2D eigenvalue weighted by atomic mass is 10.0. The lowest BCUT2D eigenvalue weighted by Gasteiger charge is -2.20. The van der Waals surface area contributed by atoms with Gasteiger partial charge in [-0.05, 0) is 43.5 Å². The number of aliphatic hydroxyl groups excluding tert-OH is 1. The quantitative estimate of drug-likeness (QED) is 0.758. The molecule has 0 spiro atoms. The van der Waals surface area contributed by atoms with Gasteiger partial charge in [0.25, 0.3) is 0 Å². The highest BCUT2D eigenvalue weighted by Gasteiger charge is 2.09. The summed E-state index contributed by atoms with van der Waals surface area (Å²) in [6.45, 7) is 5.62. The van der Waals surface area contributed by atoms with E-state index in [0.29, 0.717) is 12.0 Å². The highest BCUT2D eigenvalue weighted by molar-refractivity contribution is 5.46. The topological polar surface area (TPSA) is 35.5 Å². The fourth-order valence-electron chi connectivity index (χ4n) is 2.16. The fourth-order valence-corrected chi connectivity index (χ4v) is 2.16. The molecule has 1 rings (SSSR count). The highest BCUT2D eigenvalue weighted by Crippen LogP contribution is 2.18. The van der Waals surface area contributed by atoms with E-state index in [-0.39, 0.29) is 6.61 Å². The predicted molar refractivity (Wildman–Crippen MR) is 82.7 cm³/mol. The normalized spacial score (nSPS) is 14.2. The Morgan fingerprint density at radius 1 is 1.21 bits per heavy atom. The van der Waals surface area contributed by atoms with Crippen molar-refractivity contribution in [2.45, 2.75) is 32.7 Å². The van der Waals surface area contributed by atoms with Crippen molar-refractivity contribution in [3.63, 3.8) is 0 Å². The van der Waals surface area contributed by atoms with Gasteiger partial charge in [0.05, 0.1) is 0 Å². The largest absolute Gasteiger partial charge is 0.396 e. The molecule has 0 aliphatic rings. The van der Waals surface area contributed by atoms with E-state index in [0.717, 1.165) is 19.4 Å². The molecular formula is C16H28N2O. The maximum atomic E-state index is 9.00. The van der Waals surface area contributed by atoms with Crippen LogP contribution in [0.2, 0.25) is 0 Å². The number of rotatable bonds is 8. The first kappa shape index (κ1) is 16.0. The second-order valence-electron chi connectivity index (χ2n) is 5.40. The van der Waals surface area contributed by atoms with Crippen LogP contribution in [0.5, 0.6) is 0 Å². The third-order valence-corrected chi connectivity index (χ3v) is 3.74. The summed E-state index contributed by atoms with van der Waals surface area (Å²) in [7, 11) is 4.11.